The van der Waals surface area contributed by atoms with Gasteiger partial charge in [-0.1, -0.05) is 13.0 Å². The molecule has 2 heterocycles. The van der Waals surface area contributed by atoms with Crippen molar-refractivity contribution in [1.29, 1.82) is 0 Å². The van der Waals surface area contributed by atoms with E-state index in [1.54, 1.807) is 12.3 Å². The van der Waals surface area contributed by atoms with Gasteiger partial charge in [0.05, 0.1) is 5.52 Å². The molecule has 0 amide bonds. The first-order chi connectivity index (χ1) is 10.3. The van der Waals surface area contributed by atoms with E-state index in [0.29, 0.717) is 5.88 Å². The molecule has 1 N–H and O–H groups in total. The number of ether oxygens (including phenoxy) is 1. The molecule has 5 heteroatoms. The molecule has 1 aromatic carbocycles. The quantitative estimate of drug-likeness (QED) is 0.793. The molecule has 0 fully saturated rings. The van der Waals surface area contributed by atoms with Crippen molar-refractivity contribution in [2.24, 2.45) is 0 Å². The number of aryl methyl sites for hydroxylation is 1. The molecule has 5 nitrogen and oxygen atoms in total. The van der Waals surface area contributed by atoms with Crippen molar-refractivity contribution >= 4 is 16.7 Å². The van der Waals surface area contributed by atoms with E-state index < -0.39 is 0 Å². The van der Waals surface area contributed by atoms with Crippen LogP contribution in [-0.2, 0) is 6.42 Å². The number of hydrogen-bond donors (Lipinski definition) is 1. The van der Waals surface area contributed by atoms with Gasteiger partial charge in [0.2, 0.25) is 5.88 Å². The molecule has 3 aromatic rings. The van der Waals surface area contributed by atoms with Crippen LogP contribution in [0.25, 0.3) is 10.9 Å². The highest BCUT2D eigenvalue weighted by atomic mass is 16.5. The fourth-order valence-electron chi connectivity index (χ4n) is 2.09. The Bertz CT molecular complexity index is 746. The third-order valence-corrected chi connectivity index (χ3v) is 3.14. The normalized spacial score (nSPS) is 10.6. The average molecular weight is 280 g/mol. The molecule has 0 aliphatic carbocycles. The number of nitrogens with one attached hydrogen (secondary N) is 1. The van der Waals surface area contributed by atoms with E-state index in [1.165, 1.54) is 0 Å². The molecule has 2 aromatic heterocycles. The third kappa shape index (κ3) is 2.76. The smallest absolute Gasteiger partial charge is 0.224 e. The van der Waals surface area contributed by atoms with Gasteiger partial charge < -0.3 is 10.1 Å². The van der Waals surface area contributed by atoms with Crippen LogP contribution in [0.3, 0.4) is 0 Å². The van der Waals surface area contributed by atoms with Crippen molar-refractivity contribution in [1.82, 2.24) is 15.0 Å². The fraction of sp³-hybridized carbons (Fsp3) is 0.188. The first-order valence-corrected chi connectivity index (χ1v) is 6.87. The molecular weight excluding hydrogens is 264 g/mol. The van der Waals surface area contributed by atoms with E-state index in [2.05, 4.69) is 20.3 Å². The summed E-state index contributed by atoms with van der Waals surface area (Å²) < 4.78 is 5.95. The van der Waals surface area contributed by atoms with Crippen LogP contribution in [0.4, 0.5) is 5.82 Å². The topological polar surface area (TPSA) is 59.9 Å². The Morgan fingerprint density at radius 2 is 2.05 bits per heavy atom. The molecule has 0 bridgehead atoms. The Morgan fingerprint density at radius 1 is 1.14 bits per heavy atom. The second-order valence-electron chi connectivity index (χ2n) is 4.54. The number of fused-ring (bicyclic) bond motifs is 1. The van der Waals surface area contributed by atoms with Crippen LogP contribution in [0.2, 0.25) is 0 Å². The summed E-state index contributed by atoms with van der Waals surface area (Å²) in [5.74, 6) is 2.76. The zero-order chi connectivity index (χ0) is 14.7. The lowest BCUT2D eigenvalue weighted by Crippen LogP contribution is -2.01. The van der Waals surface area contributed by atoms with E-state index >= 15 is 0 Å². The van der Waals surface area contributed by atoms with Gasteiger partial charge in [-0.05, 0) is 24.3 Å². The first-order valence-electron chi connectivity index (χ1n) is 6.87. The van der Waals surface area contributed by atoms with Crippen molar-refractivity contribution in [3.05, 3.63) is 48.4 Å². The molecule has 0 spiro atoms. The van der Waals surface area contributed by atoms with Crippen molar-refractivity contribution < 1.29 is 4.74 Å². The van der Waals surface area contributed by atoms with Gasteiger partial charge in [-0.15, -0.1) is 0 Å². The molecule has 21 heavy (non-hydrogen) atoms. The minimum Gasteiger partial charge on any atom is -0.438 e. The summed E-state index contributed by atoms with van der Waals surface area (Å²) in [4.78, 5) is 13.1. The summed E-state index contributed by atoms with van der Waals surface area (Å²) in [7, 11) is 1.83. The summed E-state index contributed by atoms with van der Waals surface area (Å²) in [6.07, 6.45) is 2.52. The Morgan fingerprint density at radius 3 is 2.86 bits per heavy atom. The number of nitrogens with zero attached hydrogens (tertiary/aromatic N) is 3. The van der Waals surface area contributed by atoms with E-state index in [4.69, 9.17) is 4.74 Å². The largest absolute Gasteiger partial charge is 0.438 e. The number of benzene rings is 1. The van der Waals surface area contributed by atoms with Crippen LogP contribution < -0.4 is 10.1 Å². The van der Waals surface area contributed by atoms with Crippen LogP contribution in [-0.4, -0.2) is 22.0 Å². The number of pyridine rings is 1. The lowest BCUT2D eigenvalue weighted by Gasteiger charge is -2.10. The van der Waals surface area contributed by atoms with Gasteiger partial charge in [0.1, 0.15) is 17.4 Å². The summed E-state index contributed by atoms with van der Waals surface area (Å²) in [6, 6.07) is 11.5. The van der Waals surface area contributed by atoms with Crippen LogP contribution in [0.15, 0.2) is 42.6 Å². The predicted molar refractivity (Wildman–Crippen MR) is 82.8 cm³/mol. The highest BCUT2D eigenvalue weighted by Gasteiger charge is 2.07. The van der Waals surface area contributed by atoms with Gasteiger partial charge in [-0.3, -0.25) is 4.98 Å². The SMILES string of the molecule is CCc1nc(NC)cc(Oc2cccc3ncccc23)n1. The molecule has 106 valence electrons. The molecule has 0 saturated heterocycles. The van der Waals surface area contributed by atoms with Gasteiger partial charge in [0.25, 0.3) is 0 Å². The van der Waals surface area contributed by atoms with Crippen molar-refractivity contribution in [3.8, 4) is 11.6 Å². The first kappa shape index (κ1) is 13.3. The van der Waals surface area contributed by atoms with E-state index in [1.807, 2.05) is 44.3 Å². The van der Waals surface area contributed by atoms with Gasteiger partial charge in [0, 0.05) is 31.1 Å². The lowest BCUT2D eigenvalue weighted by atomic mass is 10.2. The van der Waals surface area contributed by atoms with Crippen LogP contribution in [0, 0.1) is 0 Å². The highest BCUT2D eigenvalue weighted by Crippen LogP contribution is 2.28. The standard InChI is InChI=1S/C16H16N4O/c1-3-14-19-15(17-2)10-16(20-14)21-13-8-4-7-12-11(13)6-5-9-18-12/h4-10H,3H2,1-2H3,(H,17,19,20). The van der Waals surface area contributed by atoms with Crippen LogP contribution in [0.5, 0.6) is 11.6 Å². The van der Waals surface area contributed by atoms with Crippen molar-refractivity contribution in [2.45, 2.75) is 13.3 Å². The molecule has 0 aliphatic rings. The zero-order valence-corrected chi connectivity index (χ0v) is 12.0. The number of aromatic nitrogens is 3. The number of rotatable bonds is 4. The zero-order valence-electron chi connectivity index (χ0n) is 12.0. The number of anilines is 1. The summed E-state index contributed by atoms with van der Waals surface area (Å²) in [6.45, 7) is 2.01. The van der Waals surface area contributed by atoms with E-state index in [0.717, 1.165) is 34.7 Å². The maximum absolute atomic E-state index is 5.95. The van der Waals surface area contributed by atoms with E-state index in [9.17, 15) is 0 Å². The van der Waals surface area contributed by atoms with Gasteiger partial charge in [-0.2, -0.15) is 4.98 Å². The van der Waals surface area contributed by atoms with E-state index in [-0.39, 0.29) is 0 Å². The fourth-order valence-corrected chi connectivity index (χ4v) is 2.09. The Hall–Kier alpha value is -2.69. The minimum atomic E-state index is 0.530. The highest BCUT2D eigenvalue weighted by molar-refractivity contribution is 5.85. The Balaban J connectivity index is 2.02. The minimum absolute atomic E-state index is 0.530. The lowest BCUT2D eigenvalue weighted by molar-refractivity contribution is 0.464. The molecule has 0 radical (unpaired) electrons. The Kier molecular flexibility index (Phi) is 3.64. The van der Waals surface area contributed by atoms with Crippen LogP contribution in [0.1, 0.15) is 12.7 Å². The molecular formula is C16H16N4O. The van der Waals surface area contributed by atoms with Crippen LogP contribution >= 0.6 is 0 Å². The maximum Gasteiger partial charge on any atom is 0.224 e. The van der Waals surface area contributed by atoms with Gasteiger partial charge in [0.15, 0.2) is 0 Å². The average Bonchev–Trinajstić information content (AvgIpc) is 2.55. The molecule has 3 rings (SSSR count). The molecule has 0 atom stereocenters. The molecule has 0 saturated carbocycles. The van der Waals surface area contributed by atoms with Gasteiger partial charge in [-0.25, -0.2) is 4.98 Å². The second kappa shape index (κ2) is 5.75. The third-order valence-electron chi connectivity index (χ3n) is 3.14. The molecule has 0 aliphatic heterocycles. The summed E-state index contributed by atoms with van der Waals surface area (Å²) in [5, 5.41) is 3.98. The summed E-state index contributed by atoms with van der Waals surface area (Å²) in [5.41, 5.74) is 0.897. The predicted octanol–water partition coefficient (Wildman–Crippen LogP) is 3.42. The Labute approximate surface area is 123 Å². The van der Waals surface area contributed by atoms with Crippen molar-refractivity contribution in [3.63, 3.8) is 0 Å². The summed E-state index contributed by atoms with van der Waals surface area (Å²) >= 11 is 0. The monoisotopic (exact) mass is 280 g/mol. The maximum atomic E-state index is 5.95. The van der Waals surface area contributed by atoms with Crippen molar-refractivity contribution in [2.75, 3.05) is 12.4 Å². The second-order valence-corrected chi connectivity index (χ2v) is 4.54. The van der Waals surface area contributed by atoms with Gasteiger partial charge >= 0.3 is 0 Å². The number of hydrogen-bond acceptors (Lipinski definition) is 5. The molecule has 0 unspecified atom stereocenters.